The second kappa shape index (κ2) is 6.06. The van der Waals surface area contributed by atoms with Crippen molar-refractivity contribution < 1.29 is 0 Å². The molecule has 0 amide bonds. The van der Waals surface area contributed by atoms with Crippen molar-refractivity contribution >= 4 is 11.6 Å². The van der Waals surface area contributed by atoms with Crippen molar-refractivity contribution in [2.45, 2.75) is 6.92 Å². The Morgan fingerprint density at radius 3 is 2.68 bits per heavy atom. The fourth-order valence-corrected chi connectivity index (χ4v) is 2.15. The lowest BCUT2D eigenvalue weighted by atomic mass is 10.1. The van der Waals surface area contributed by atoms with Crippen molar-refractivity contribution in [1.82, 2.24) is 9.97 Å². The van der Waals surface area contributed by atoms with Crippen molar-refractivity contribution in [1.29, 1.82) is 5.26 Å². The highest BCUT2D eigenvalue weighted by Crippen LogP contribution is 2.21. The molecular formula is C18H14N4. The summed E-state index contributed by atoms with van der Waals surface area (Å²) in [5, 5.41) is 12.2. The second-order valence-electron chi connectivity index (χ2n) is 4.94. The van der Waals surface area contributed by atoms with E-state index < -0.39 is 0 Å². The monoisotopic (exact) mass is 286 g/mol. The number of rotatable bonds is 3. The zero-order valence-electron chi connectivity index (χ0n) is 12.1. The molecule has 0 bridgehead atoms. The van der Waals surface area contributed by atoms with Crippen LogP contribution in [0.1, 0.15) is 11.1 Å². The van der Waals surface area contributed by atoms with E-state index in [1.165, 1.54) is 0 Å². The summed E-state index contributed by atoms with van der Waals surface area (Å²) in [6.07, 6.45) is 1.76. The summed E-state index contributed by atoms with van der Waals surface area (Å²) in [6, 6.07) is 19.2. The number of aryl methyl sites for hydroxylation is 1. The molecule has 0 saturated heterocycles. The molecule has 4 nitrogen and oxygen atoms in total. The number of aromatic nitrogens is 2. The van der Waals surface area contributed by atoms with Gasteiger partial charge in [0.25, 0.3) is 0 Å². The molecule has 0 spiro atoms. The number of nitrogens with one attached hydrogen (secondary N) is 1. The Morgan fingerprint density at radius 1 is 1.00 bits per heavy atom. The maximum Gasteiger partial charge on any atom is 0.132 e. The second-order valence-corrected chi connectivity index (χ2v) is 4.94. The Kier molecular flexibility index (Phi) is 3.80. The van der Waals surface area contributed by atoms with Crippen LogP contribution in [0.2, 0.25) is 0 Å². The summed E-state index contributed by atoms with van der Waals surface area (Å²) in [4.78, 5) is 8.85. The van der Waals surface area contributed by atoms with Gasteiger partial charge in [-0.2, -0.15) is 5.26 Å². The van der Waals surface area contributed by atoms with E-state index in [0.29, 0.717) is 5.56 Å². The minimum atomic E-state index is 0.623. The summed E-state index contributed by atoms with van der Waals surface area (Å²) in [7, 11) is 0. The molecule has 3 rings (SSSR count). The topological polar surface area (TPSA) is 61.6 Å². The average molecular weight is 286 g/mol. The fraction of sp³-hybridized carbons (Fsp3) is 0.0556. The van der Waals surface area contributed by atoms with Gasteiger partial charge < -0.3 is 5.32 Å². The Labute approximate surface area is 129 Å². The highest BCUT2D eigenvalue weighted by molar-refractivity contribution is 5.64. The molecule has 0 fully saturated rings. The lowest BCUT2D eigenvalue weighted by molar-refractivity contribution is 1.24. The van der Waals surface area contributed by atoms with Gasteiger partial charge in [-0.25, -0.2) is 9.97 Å². The molecule has 0 aliphatic carbocycles. The Morgan fingerprint density at radius 2 is 1.86 bits per heavy atom. The molecule has 0 radical (unpaired) electrons. The number of nitrogens with zero attached hydrogens (tertiary/aromatic N) is 3. The maximum absolute atomic E-state index is 8.99. The van der Waals surface area contributed by atoms with Crippen molar-refractivity contribution in [3.63, 3.8) is 0 Å². The zero-order chi connectivity index (χ0) is 15.4. The van der Waals surface area contributed by atoms with Gasteiger partial charge in [-0.15, -0.1) is 0 Å². The molecule has 106 valence electrons. The van der Waals surface area contributed by atoms with Crippen LogP contribution in [0, 0.1) is 18.3 Å². The van der Waals surface area contributed by atoms with Crippen LogP contribution >= 0.6 is 0 Å². The average Bonchev–Trinajstić information content (AvgIpc) is 2.55. The first-order valence-corrected chi connectivity index (χ1v) is 6.92. The maximum atomic E-state index is 8.99. The number of pyridine rings is 2. The minimum Gasteiger partial charge on any atom is -0.325 e. The van der Waals surface area contributed by atoms with Crippen molar-refractivity contribution in [2.75, 3.05) is 5.32 Å². The Balaban J connectivity index is 1.91. The first kappa shape index (κ1) is 13.8. The molecule has 1 aromatic carbocycles. The SMILES string of the molecule is Cc1ccnc(Nc2cccc(-c3cccc(C#N)c3)n2)c1. The van der Waals surface area contributed by atoms with Gasteiger partial charge in [0.15, 0.2) is 0 Å². The van der Waals surface area contributed by atoms with Crippen LogP contribution in [0.3, 0.4) is 0 Å². The van der Waals surface area contributed by atoms with Crippen LogP contribution in [0.5, 0.6) is 0 Å². The number of nitriles is 1. The van der Waals surface area contributed by atoms with E-state index in [9.17, 15) is 0 Å². The molecule has 2 heterocycles. The number of benzene rings is 1. The van der Waals surface area contributed by atoms with Crippen molar-refractivity contribution in [3.05, 3.63) is 71.9 Å². The van der Waals surface area contributed by atoms with Gasteiger partial charge in [-0.1, -0.05) is 18.2 Å². The third-order valence-electron chi connectivity index (χ3n) is 3.21. The van der Waals surface area contributed by atoms with Gasteiger partial charge in [0.1, 0.15) is 11.6 Å². The van der Waals surface area contributed by atoms with Gasteiger partial charge in [0.05, 0.1) is 17.3 Å². The zero-order valence-corrected chi connectivity index (χ0v) is 12.1. The lowest BCUT2D eigenvalue weighted by Crippen LogP contribution is -1.97. The first-order chi connectivity index (χ1) is 10.7. The summed E-state index contributed by atoms with van der Waals surface area (Å²) < 4.78 is 0. The number of hydrogen-bond acceptors (Lipinski definition) is 4. The lowest BCUT2D eigenvalue weighted by Gasteiger charge is -2.07. The third kappa shape index (κ3) is 3.10. The van der Waals surface area contributed by atoms with Gasteiger partial charge >= 0.3 is 0 Å². The molecule has 4 heteroatoms. The van der Waals surface area contributed by atoms with E-state index in [1.807, 2.05) is 55.5 Å². The molecule has 0 aliphatic rings. The van der Waals surface area contributed by atoms with E-state index in [-0.39, 0.29) is 0 Å². The van der Waals surface area contributed by atoms with Crippen LogP contribution in [-0.4, -0.2) is 9.97 Å². The normalized spacial score (nSPS) is 10.0. The highest BCUT2D eigenvalue weighted by Gasteiger charge is 2.03. The van der Waals surface area contributed by atoms with Crippen LogP contribution in [0.25, 0.3) is 11.3 Å². The van der Waals surface area contributed by atoms with E-state index in [2.05, 4.69) is 21.4 Å². The molecule has 0 unspecified atom stereocenters. The molecule has 0 atom stereocenters. The molecule has 3 aromatic rings. The van der Waals surface area contributed by atoms with E-state index in [0.717, 1.165) is 28.5 Å². The summed E-state index contributed by atoms with van der Waals surface area (Å²) in [5.41, 5.74) is 3.49. The molecular weight excluding hydrogens is 272 g/mol. The van der Waals surface area contributed by atoms with E-state index >= 15 is 0 Å². The highest BCUT2D eigenvalue weighted by atomic mass is 15.1. The molecule has 22 heavy (non-hydrogen) atoms. The number of hydrogen-bond donors (Lipinski definition) is 1. The predicted octanol–water partition coefficient (Wildman–Crippen LogP) is 4.07. The minimum absolute atomic E-state index is 0.623. The van der Waals surface area contributed by atoms with Gasteiger partial charge in [0.2, 0.25) is 0 Å². The van der Waals surface area contributed by atoms with Crippen LogP contribution in [-0.2, 0) is 0 Å². The van der Waals surface area contributed by atoms with Crippen LogP contribution in [0.4, 0.5) is 11.6 Å². The summed E-state index contributed by atoms with van der Waals surface area (Å²) in [6.45, 7) is 2.02. The van der Waals surface area contributed by atoms with Gasteiger partial charge in [-0.3, -0.25) is 0 Å². The van der Waals surface area contributed by atoms with Crippen molar-refractivity contribution in [3.8, 4) is 17.3 Å². The standard InChI is InChI=1S/C18H14N4/c1-13-8-9-20-18(10-13)22-17-7-3-6-16(21-17)15-5-2-4-14(11-15)12-19/h2-11H,1H3,(H,20,21,22). The third-order valence-corrected chi connectivity index (χ3v) is 3.21. The predicted molar refractivity (Wildman–Crippen MR) is 86.6 cm³/mol. The van der Waals surface area contributed by atoms with Gasteiger partial charge in [0, 0.05) is 11.8 Å². The summed E-state index contributed by atoms with van der Waals surface area (Å²) in [5.74, 6) is 1.48. The largest absolute Gasteiger partial charge is 0.325 e. The van der Waals surface area contributed by atoms with Crippen LogP contribution < -0.4 is 5.32 Å². The van der Waals surface area contributed by atoms with E-state index in [4.69, 9.17) is 5.26 Å². The fourth-order valence-electron chi connectivity index (χ4n) is 2.15. The van der Waals surface area contributed by atoms with E-state index in [1.54, 1.807) is 12.3 Å². The molecule has 0 saturated carbocycles. The smallest absolute Gasteiger partial charge is 0.132 e. The Bertz CT molecular complexity index is 849. The molecule has 2 aromatic heterocycles. The van der Waals surface area contributed by atoms with Crippen LogP contribution in [0.15, 0.2) is 60.8 Å². The molecule has 0 aliphatic heterocycles. The first-order valence-electron chi connectivity index (χ1n) is 6.92. The summed E-state index contributed by atoms with van der Waals surface area (Å²) >= 11 is 0. The van der Waals surface area contributed by atoms with Crippen molar-refractivity contribution in [2.24, 2.45) is 0 Å². The quantitative estimate of drug-likeness (QED) is 0.788. The molecule has 1 N–H and O–H groups in total. The Hall–Kier alpha value is -3.19. The number of anilines is 2. The van der Waals surface area contributed by atoms with Gasteiger partial charge in [-0.05, 0) is 48.9 Å².